The fourth-order valence-electron chi connectivity index (χ4n) is 2.52. The first-order valence-electron chi connectivity index (χ1n) is 7.73. The predicted molar refractivity (Wildman–Crippen MR) is 88.2 cm³/mol. The second-order valence-corrected chi connectivity index (χ2v) is 5.61. The lowest BCUT2D eigenvalue weighted by molar-refractivity contribution is -0.124. The molecule has 0 saturated carbocycles. The Labute approximate surface area is 135 Å². The van der Waals surface area contributed by atoms with Gasteiger partial charge in [0.05, 0.1) is 0 Å². The Morgan fingerprint density at radius 3 is 2.74 bits per heavy atom. The second kappa shape index (κ2) is 7.19. The Morgan fingerprint density at radius 1 is 1.26 bits per heavy atom. The van der Waals surface area contributed by atoms with Crippen molar-refractivity contribution in [3.8, 4) is 0 Å². The molecule has 2 heterocycles. The number of ether oxygens (including phenoxy) is 1. The van der Waals surface area contributed by atoms with Crippen molar-refractivity contribution < 1.29 is 9.53 Å². The van der Waals surface area contributed by atoms with Crippen LogP contribution in [0.2, 0.25) is 0 Å². The van der Waals surface area contributed by atoms with E-state index in [0.29, 0.717) is 12.4 Å². The highest BCUT2D eigenvalue weighted by Crippen LogP contribution is 2.16. The zero-order valence-electron chi connectivity index (χ0n) is 13.1. The zero-order valence-corrected chi connectivity index (χ0v) is 13.1. The molecule has 2 aromatic rings. The topological polar surface area (TPSA) is 67.4 Å². The van der Waals surface area contributed by atoms with Crippen LogP contribution in [0.4, 0.5) is 11.6 Å². The van der Waals surface area contributed by atoms with Crippen molar-refractivity contribution in [3.63, 3.8) is 0 Å². The van der Waals surface area contributed by atoms with Gasteiger partial charge >= 0.3 is 0 Å². The molecule has 0 bridgehead atoms. The lowest BCUT2D eigenvalue weighted by Gasteiger charge is -2.18. The molecular formula is C17H20N4O2. The van der Waals surface area contributed by atoms with E-state index in [1.165, 1.54) is 5.56 Å². The van der Waals surface area contributed by atoms with E-state index >= 15 is 0 Å². The monoisotopic (exact) mass is 312 g/mol. The fourth-order valence-corrected chi connectivity index (χ4v) is 2.52. The largest absolute Gasteiger partial charge is 0.368 e. The molecule has 1 fully saturated rings. The third-order valence-electron chi connectivity index (χ3n) is 3.78. The van der Waals surface area contributed by atoms with E-state index in [1.807, 2.05) is 36.2 Å². The molecule has 1 amide bonds. The van der Waals surface area contributed by atoms with E-state index in [9.17, 15) is 4.79 Å². The molecule has 1 aromatic carbocycles. The number of benzene rings is 1. The molecule has 6 heteroatoms. The van der Waals surface area contributed by atoms with Crippen LogP contribution in [0.25, 0.3) is 0 Å². The molecule has 0 aliphatic carbocycles. The summed E-state index contributed by atoms with van der Waals surface area (Å²) in [5, 5.41) is 11.0. The number of amides is 1. The van der Waals surface area contributed by atoms with Crippen molar-refractivity contribution in [2.75, 3.05) is 23.9 Å². The van der Waals surface area contributed by atoms with E-state index in [2.05, 4.69) is 27.6 Å². The quantitative estimate of drug-likeness (QED) is 0.917. The lowest BCUT2D eigenvalue weighted by atomic mass is 10.2. The van der Waals surface area contributed by atoms with Crippen molar-refractivity contribution in [2.24, 2.45) is 0 Å². The van der Waals surface area contributed by atoms with Gasteiger partial charge in [0.25, 0.3) is 5.91 Å². The molecular weight excluding hydrogens is 292 g/mol. The lowest BCUT2D eigenvalue weighted by Crippen LogP contribution is -2.27. The van der Waals surface area contributed by atoms with Crippen molar-refractivity contribution >= 4 is 17.5 Å². The summed E-state index contributed by atoms with van der Waals surface area (Å²) in [6.45, 7) is 1.39. The van der Waals surface area contributed by atoms with Crippen LogP contribution in [0.1, 0.15) is 18.4 Å². The van der Waals surface area contributed by atoms with Gasteiger partial charge in [-0.25, -0.2) is 0 Å². The van der Waals surface area contributed by atoms with Gasteiger partial charge in [-0.15, -0.1) is 10.2 Å². The number of carbonyl (C=O) groups excluding carboxylic acids is 1. The average molecular weight is 312 g/mol. The van der Waals surface area contributed by atoms with Gasteiger partial charge < -0.3 is 15.0 Å². The summed E-state index contributed by atoms with van der Waals surface area (Å²) in [6, 6.07) is 13.8. The number of anilines is 2. The number of rotatable bonds is 5. The number of hydrogen-bond donors (Lipinski definition) is 1. The minimum Gasteiger partial charge on any atom is -0.368 e. The molecule has 1 aliphatic heterocycles. The second-order valence-electron chi connectivity index (χ2n) is 5.61. The number of carbonyl (C=O) groups is 1. The summed E-state index contributed by atoms with van der Waals surface area (Å²) in [5.41, 5.74) is 1.20. The SMILES string of the molecule is CN(Cc1ccccc1)c1ccc(NC(=O)C2CCCO2)nn1. The molecule has 1 saturated heterocycles. The smallest absolute Gasteiger partial charge is 0.254 e. The fraction of sp³-hybridized carbons (Fsp3) is 0.353. The van der Waals surface area contributed by atoms with Gasteiger partial charge in [-0.2, -0.15) is 0 Å². The van der Waals surface area contributed by atoms with Crippen LogP contribution in [-0.2, 0) is 16.1 Å². The molecule has 1 aliphatic rings. The van der Waals surface area contributed by atoms with Crippen molar-refractivity contribution in [3.05, 3.63) is 48.0 Å². The first-order chi connectivity index (χ1) is 11.2. The third-order valence-corrected chi connectivity index (χ3v) is 3.78. The molecule has 3 rings (SSSR count). The maximum Gasteiger partial charge on any atom is 0.254 e. The van der Waals surface area contributed by atoms with E-state index in [4.69, 9.17) is 4.74 Å². The summed E-state index contributed by atoms with van der Waals surface area (Å²) < 4.78 is 5.35. The van der Waals surface area contributed by atoms with Crippen LogP contribution in [0.5, 0.6) is 0 Å². The molecule has 0 spiro atoms. The van der Waals surface area contributed by atoms with E-state index in [0.717, 1.165) is 25.2 Å². The number of nitrogens with one attached hydrogen (secondary N) is 1. The Kier molecular flexibility index (Phi) is 4.83. The van der Waals surface area contributed by atoms with Crippen molar-refractivity contribution in [2.45, 2.75) is 25.5 Å². The van der Waals surface area contributed by atoms with Crippen LogP contribution in [0, 0.1) is 0 Å². The molecule has 1 N–H and O–H groups in total. The summed E-state index contributed by atoms with van der Waals surface area (Å²) in [7, 11) is 1.96. The zero-order chi connectivity index (χ0) is 16.1. The first-order valence-corrected chi connectivity index (χ1v) is 7.73. The Hall–Kier alpha value is -2.47. The van der Waals surface area contributed by atoms with Crippen LogP contribution < -0.4 is 10.2 Å². The molecule has 1 atom stereocenters. The summed E-state index contributed by atoms with van der Waals surface area (Å²) in [4.78, 5) is 14.0. The molecule has 1 unspecified atom stereocenters. The van der Waals surface area contributed by atoms with Crippen molar-refractivity contribution in [1.82, 2.24) is 10.2 Å². The Balaban J connectivity index is 1.59. The highest BCUT2D eigenvalue weighted by molar-refractivity contribution is 5.93. The highest BCUT2D eigenvalue weighted by Gasteiger charge is 2.23. The summed E-state index contributed by atoms with van der Waals surface area (Å²) in [6.07, 6.45) is 1.32. The molecule has 1 aromatic heterocycles. The molecule has 0 radical (unpaired) electrons. The minimum absolute atomic E-state index is 0.151. The van der Waals surface area contributed by atoms with Gasteiger partial charge in [-0.1, -0.05) is 30.3 Å². The van der Waals surface area contributed by atoms with Gasteiger partial charge in [0.2, 0.25) is 0 Å². The number of aromatic nitrogens is 2. The number of hydrogen-bond acceptors (Lipinski definition) is 5. The maximum absolute atomic E-state index is 12.0. The van der Waals surface area contributed by atoms with Gasteiger partial charge in [0.1, 0.15) is 6.10 Å². The van der Waals surface area contributed by atoms with Crippen molar-refractivity contribution in [1.29, 1.82) is 0 Å². The summed E-state index contributed by atoms with van der Waals surface area (Å²) in [5.74, 6) is 1.05. The van der Waals surface area contributed by atoms with E-state index < -0.39 is 0 Å². The number of nitrogens with zero attached hydrogens (tertiary/aromatic N) is 3. The molecule has 120 valence electrons. The average Bonchev–Trinajstić information content (AvgIpc) is 3.11. The van der Waals surface area contributed by atoms with E-state index in [-0.39, 0.29) is 12.0 Å². The van der Waals surface area contributed by atoms with E-state index in [1.54, 1.807) is 6.07 Å². The standard InChI is InChI=1S/C17H20N4O2/c1-21(12-13-6-3-2-4-7-13)16-10-9-15(19-20-16)18-17(22)14-8-5-11-23-14/h2-4,6-7,9-10,14H,5,8,11-12H2,1H3,(H,18,19,22). The predicted octanol–water partition coefficient (Wildman–Crippen LogP) is 2.23. The minimum atomic E-state index is -0.364. The third kappa shape index (κ3) is 4.04. The van der Waals surface area contributed by atoms with Gasteiger partial charge in [-0.3, -0.25) is 4.79 Å². The van der Waals surface area contributed by atoms with Crippen LogP contribution in [-0.4, -0.2) is 35.9 Å². The maximum atomic E-state index is 12.0. The van der Waals surface area contributed by atoms with Gasteiger partial charge in [0.15, 0.2) is 11.6 Å². The van der Waals surface area contributed by atoms with Gasteiger partial charge in [0, 0.05) is 20.2 Å². The van der Waals surface area contributed by atoms with Gasteiger partial charge in [-0.05, 0) is 30.5 Å². The highest BCUT2D eigenvalue weighted by atomic mass is 16.5. The Bertz CT molecular complexity index is 639. The molecule has 6 nitrogen and oxygen atoms in total. The normalized spacial score (nSPS) is 17.0. The summed E-state index contributed by atoms with van der Waals surface area (Å²) >= 11 is 0. The van der Waals surface area contributed by atoms with Crippen LogP contribution in [0.15, 0.2) is 42.5 Å². The first kappa shape index (κ1) is 15.4. The molecule has 23 heavy (non-hydrogen) atoms. The van der Waals surface area contributed by atoms with Crippen LogP contribution >= 0.6 is 0 Å². The Morgan fingerprint density at radius 2 is 2.09 bits per heavy atom. The van der Waals surface area contributed by atoms with Crippen LogP contribution in [0.3, 0.4) is 0 Å².